The maximum absolute atomic E-state index is 11.8. The molecule has 0 aromatic heterocycles. The quantitative estimate of drug-likeness (QED) is 0.283. The molecule has 1 N–H and O–H groups in total. The molecule has 4 nitrogen and oxygen atoms in total. The van der Waals surface area contributed by atoms with Gasteiger partial charge in [-0.25, -0.2) is 9.68 Å². The molecule has 0 spiro atoms. The minimum atomic E-state index is -0.655. The van der Waals surface area contributed by atoms with Gasteiger partial charge < -0.3 is 4.74 Å². The number of carbonyl (C=O) groups excluding carboxylic acids is 1. The zero-order valence-corrected chi connectivity index (χ0v) is 12.5. The Kier molecular flexibility index (Phi) is 4.35. The fourth-order valence-electron chi connectivity index (χ4n) is 3.63. The van der Waals surface area contributed by atoms with Crippen molar-refractivity contribution in [2.45, 2.75) is 45.1 Å². The topological polar surface area (TPSA) is 55.8 Å². The van der Waals surface area contributed by atoms with Crippen LogP contribution in [0.4, 0.5) is 0 Å². The molecule has 1 fully saturated rings. The van der Waals surface area contributed by atoms with Gasteiger partial charge in [-0.1, -0.05) is 19.1 Å². The van der Waals surface area contributed by atoms with E-state index in [0.717, 1.165) is 25.7 Å². The van der Waals surface area contributed by atoms with Gasteiger partial charge >= 0.3 is 5.97 Å². The van der Waals surface area contributed by atoms with E-state index in [4.69, 9.17) is 9.99 Å². The molecule has 0 aliphatic heterocycles. The minimum absolute atomic E-state index is 0.0124. The normalized spacial score (nSPS) is 36.8. The van der Waals surface area contributed by atoms with Crippen LogP contribution >= 0.6 is 0 Å². The number of rotatable bonds is 3. The van der Waals surface area contributed by atoms with Gasteiger partial charge in [0.15, 0.2) is 0 Å². The fourth-order valence-corrected chi connectivity index (χ4v) is 3.63. The van der Waals surface area contributed by atoms with Crippen molar-refractivity contribution in [3.05, 3.63) is 23.8 Å². The zero-order valence-electron chi connectivity index (χ0n) is 12.5. The van der Waals surface area contributed by atoms with E-state index in [2.05, 4.69) is 18.4 Å². The maximum Gasteiger partial charge on any atom is 0.333 e. The predicted molar refractivity (Wildman–Crippen MR) is 76.0 cm³/mol. The Morgan fingerprint density at radius 3 is 2.75 bits per heavy atom. The van der Waals surface area contributed by atoms with E-state index < -0.39 is 5.60 Å². The molecule has 4 heteroatoms. The van der Waals surface area contributed by atoms with Crippen molar-refractivity contribution in [3.63, 3.8) is 0 Å². The molecule has 4 atom stereocenters. The SMILES string of the molecule is C=C(C(=O)OC)[C@@H]1CC[C@@H](C)[C@@H]2CC[C@@](C)(OO)C=C12. The Balaban J connectivity index is 2.34. The first kappa shape index (κ1) is 15.3. The second-order valence-electron chi connectivity index (χ2n) is 6.32. The van der Waals surface area contributed by atoms with Gasteiger partial charge in [-0.05, 0) is 50.5 Å². The number of methoxy groups -OCH3 is 1. The average molecular weight is 280 g/mol. The highest BCUT2D eigenvalue weighted by molar-refractivity contribution is 5.89. The Morgan fingerprint density at radius 1 is 1.45 bits per heavy atom. The molecule has 0 amide bonds. The van der Waals surface area contributed by atoms with Crippen LogP contribution in [0.25, 0.3) is 0 Å². The number of esters is 1. The third kappa shape index (κ3) is 2.67. The van der Waals surface area contributed by atoms with Crippen molar-refractivity contribution in [1.82, 2.24) is 0 Å². The largest absolute Gasteiger partial charge is 0.466 e. The molecule has 112 valence electrons. The standard InChI is InChI=1S/C16H24O4/c1-10-5-6-13(11(2)15(17)19-4)14-9-16(3,20-18)8-7-12(10)14/h9-10,12-13,18H,2,5-8H2,1,3-4H3/t10-,12+,13+,16-/m1/s1. The molecular weight excluding hydrogens is 256 g/mol. The lowest BCUT2D eigenvalue weighted by Crippen LogP contribution is -2.38. The van der Waals surface area contributed by atoms with Crippen molar-refractivity contribution >= 4 is 5.97 Å². The van der Waals surface area contributed by atoms with E-state index in [1.807, 2.05) is 13.0 Å². The van der Waals surface area contributed by atoms with E-state index in [-0.39, 0.29) is 11.9 Å². The van der Waals surface area contributed by atoms with Gasteiger partial charge in [-0.3, -0.25) is 5.26 Å². The Hall–Kier alpha value is -1.13. The summed E-state index contributed by atoms with van der Waals surface area (Å²) in [4.78, 5) is 16.4. The fraction of sp³-hybridized carbons (Fsp3) is 0.688. The number of carbonyl (C=O) groups is 1. The molecular formula is C16H24O4. The van der Waals surface area contributed by atoms with Crippen LogP contribution in [0.2, 0.25) is 0 Å². The summed E-state index contributed by atoms with van der Waals surface area (Å²) in [6.07, 6.45) is 5.74. The van der Waals surface area contributed by atoms with Gasteiger partial charge in [0.1, 0.15) is 5.60 Å². The van der Waals surface area contributed by atoms with E-state index >= 15 is 0 Å². The summed E-state index contributed by atoms with van der Waals surface area (Å²) in [7, 11) is 1.38. The van der Waals surface area contributed by atoms with Gasteiger partial charge in [0.25, 0.3) is 0 Å². The molecule has 0 aromatic carbocycles. The second-order valence-corrected chi connectivity index (χ2v) is 6.32. The highest BCUT2D eigenvalue weighted by atomic mass is 17.1. The van der Waals surface area contributed by atoms with Crippen molar-refractivity contribution in [2.24, 2.45) is 17.8 Å². The molecule has 0 aromatic rings. The second kappa shape index (κ2) is 5.70. The van der Waals surface area contributed by atoms with Crippen LogP contribution in [-0.2, 0) is 14.4 Å². The van der Waals surface area contributed by atoms with Gasteiger partial charge in [-0.15, -0.1) is 0 Å². The lowest BCUT2D eigenvalue weighted by Gasteiger charge is -2.43. The summed E-state index contributed by atoms with van der Waals surface area (Å²) in [5, 5.41) is 9.13. The molecule has 0 radical (unpaired) electrons. The minimum Gasteiger partial charge on any atom is -0.466 e. The molecule has 0 bridgehead atoms. The molecule has 2 aliphatic rings. The monoisotopic (exact) mass is 280 g/mol. The molecule has 2 rings (SSSR count). The predicted octanol–water partition coefficient (Wildman–Crippen LogP) is 3.35. The number of hydrogen-bond acceptors (Lipinski definition) is 4. The van der Waals surface area contributed by atoms with Crippen molar-refractivity contribution in [3.8, 4) is 0 Å². The molecule has 1 saturated carbocycles. The van der Waals surface area contributed by atoms with Crippen LogP contribution in [0.1, 0.15) is 39.5 Å². The number of fused-ring (bicyclic) bond motifs is 1. The van der Waals surface area contributed by atoms with E-state index in [1.165, 1.54) is 12.7 Å². The lowest BCUT2D eigenvalue weighted by molar-refractivity contribution is -0.306. The third-order valence-electron chi connectivity index (χ3n) is 4.93. The summed E-state index contributed by atoms with van der Waals surface area (Å²) in [5.74, 6) is 0.699. The molecule has 0 saturated heterocycles. The summed E-state index contributed by atoms with van der Waals surface area (Å²) in [6, 6.07) is 0. The summed E-state index contributed by atoms with van der Waals surface area (Å²) in [6.45, 7) is 8.04. The van der Waals surface area contributed by atoms with E-state index in [1.54, 1.807) is 0 Å². The van der Waals surface area contributed by atoms with Crippen molar-refractivity contribution < 1.29 is 19.7 Å². The summed E-state index contributed by atoms with van der Waals surface area (Å²) < 4.78 is 4.80. The third-order valence-corrected chi connectivity index (χ3v) is 4.93. The maximum atomic E-state index is 11.8. The first-order chi connectivity index (χ1) is 9.41. The van der Waals surface area contributed by atoms with Crippen molar-refractivity contribution in [1.29, 1.82) is 0 Å². The molecule has 20 heavy (non-hydrogen) atoms. The van der Waals surface area contributed by atoms with E-state index in [0.29, 0.717) is 17.4 Å². The lowest BCUT2D eigenvalue weighted by atomic mass is 9.63. The summed E-state index contributed by atoms with van der Waals surface area (Å²) >= 11 is 0. The highest BCUT2D eigenvalue weighted by Crippen LogP contribution is 2.48. The van der Waals surface area contributed by atoms with Gasteiger partial charge in [0, 0.05) is 11.5 Å². The van der Waals surface area contributed by atoms with Gasteiger partial charge in [0.2, 0.25) is 0 Å². The van der Waals surface area contributed by atoms with Gasteiger partial charge in [0.05, 0.1) is 7.11 Å². The Bertz CT molecular complexity index is 440. The van der Waals surface area contributed by atoms with Crippen LogP contribution in [0.5, 0.6) is 0 Å². The first-order valence-corrected chi connectivity index (χ1v) is 7.24. The van der Waals surface area contributed by atoms with Crippen LogP contribution in [0.3, 0.4) is 0 Å². The average Bonchev–Trinajstić information content (AvgIpc) is 2.46. The zero-order chi connectivity index (χ0) is 14.9. The number of hydrogen-bond donors (Lipinski definition) is 1. The smallest absolute Gasteiger partial charge is 0.333 e. The van der Waals surface area contributed by atoms with E-state index in [9.17, 15) is 4.79 Å². The summed E-state index contributed by atoms with van der Waals surface area (Å²) in [5.41, 5.74) is 1.04. The van der Waals surface area contributed by atoms with Crippen molar-refractivity contribution in [2.75, 3.05) is 7.11 Å². The molecule has 2 aliphatic carbocycles. The Morgan fingerprint density at radius 2 is 2.15 bits per heavy atom. The Labute approximate surface area is 120 Å². The van der Waals surface area contributed by atoms with Gasteiger partial charge in [-0.2, -0.15) is 0 Å². The number of ether oxygens (including phenoxy) is 1. The van der Waals surface area contributed by atoms with Crippen LogP contribution in [0.15, 0.2) is 23.8 Å². The molecule has 0 unspecified atom stereocenters. The number of allylic oxidation sites excluding steroid dienone is 1. The highest BCUT2D eigenvalue weighted by Gasteiger charge is 2.41. The first-order valence-electron chi connectivity index (χ1n) is 7.24. The van der Waals surface area contributed by atoms with Crippen LogP contribution in [-0.4, -0.2) is 23.9 Å². The van der Waals surface area contributed by atoms with Crippen LogP contribution < -0.4 is 0 Å². The van der Waals surface area contributed by atoms with Crippen LogP contribution in [0, 0.1) is 17.8 Å². The molecule has 0 heterocycles.